The number of hydrogen-bond acceptors (Lipinski definition) is 3. The molecular formula is C31H40N2O4. The predicted octanol–water partition coefficient (Wildman–Crippen LogP) is 6.71. The Hall–Kier alpha value is -3.41. The van der Waals surface area contributed by atoms with E-state index in [9.17, 15) is 14.4 Å². The Morgan fingerprint density at radius 1 is 0.784 bits per heavy atom. The number of carboxylic acids is 1. The van der Waals surface area contributed by atoms with Crippen molar-refractivity contribution in [1.29, 1.82) is 0 Å². The Labute approximate surface area is 220 Å². The van der Waals surface area contributed by atoms with Crippen LogP contribution in [-0.4, -0.2) is 28.9 Å². The van der Waals surface area contributed by atoms with Gasteiger partial charge in [0.15, 0.2) is 0 Å². The number of aliphatic carboxylic acids is 1. The van der Waals surface area contributed by atoms with Crippen molar-refractivity contribution in [2.24, 2.45) is 0 Å². The standard InChI is InChI=1S/C31H40N2O4/c34-29(21-14-22-31(36)37)33-28-20-13-12-19-26(28)27(24-15-8-7-9-16-24)23-30(35)32-25-17-10-5-3-1-2-4-6-11-18-25/h7-9,12-13,15-16,19-20,23,25H,1-6,10-11,14,17-18,21-22H2,(H,32,35)(H,33,34)(H,36,37). The lowest BCUT2D eigenvalue weighted by molar-refractivity contribution is -0.137. The van der Waals surface area contributed by atoms with Crippen LogP contribution in [0.5, 0.6) is 0 Å². The third-order valence-corrected chi connectivity index (χ3v) is 6.85. The SMILES string of the molecule is O=C(O)CCCC(=O)Nc1ccccc1C(=CC(=O)NC1CCCCCCCCCC1)c1ccccc1. The first-order chi connectivity index (χ1) is 18.0. The number of carboxylic acid groups (broad SMARTS) is 1. The molecule has 0 saturated heterocycles. The van der Waals surface area contributed by atoms with Crippen molar-refractivity contribution < 1.29 is 19.5 Å². The van der Waals surface area contributed by atoms with Gasteiger partial charge in [0.05, 0.1) is 0 Å². The van der Waals surface area contributed by atoms with Gasteiger partial charge in [-0.25, -0.2) is 0 Å². The Kier molecular flexibility index (Phi) is 11.9. The van der Waals surface area contributed by atoms with E-state index in [2.05, 4.69) is 10.6 Å². The van der Waals surface area contributed by atoms with Crippen LogP contribution in [0.15, 0.2) is 60.7 Å². The molecule has 0 heterocycles. The first-order valence-electron chi connectivity index (χ1n) is 13.7. The zero-order valence-electron chi connectivity index (χ0n) is 21.7. The van der Waals surface area contributed by atoms with Gasteiger partial charge in [0.1, 0.15) is 0 Å². The van der Waals surface area contributed by atoms with E-state index in [1.54, 1.807) is 6.08 Å². The lowest BCUT2D eigenvalue weighted by Crippen LogP contribution is -2.33. The molecule has 6 heteroatoms. The van der Waals surface area contributed by atoms with Gasteiger partial charge in [0, 0.05) is 36.2 Å². The smallest absolute Gasteiger partial charge is 0.303 e. The van der Waals surface area contributed by atoms with Crippen LogP contribution in [0.4, 0.5) is 5.69 Å². The molecule has 6 nitrogen and oxygen atoms in total. The molecule has 1 aliphatic carbocycles. The highest BCUT2D eigenvalue weighted by Crippen LogP contribution is 2.30. The van der Waals surface area contributed by atoms with E-state index in [1.807, 2.05) is 54.6 Å². The zero-order valence-corrected chi connectivity index (χ0v) is 21.7. The monoisotopic (exact) mass is 504 g/mol. The number of rotatable bonds is 9. The number of carbonyl (C=O) groups excluding carboxylic acids is 2. The molecule has 0 aliphatic heterocycles. The van der Waals surface area contributed by atoms with Gasteiger partial charge in [-0.3, -0.25) is 14.4 Å². The average Bonchev–Trinajstić information content (AvgIpc) is 2.94. The second-order valence-corrected chi connectivity index (χ2v) is 9.88. The topological polar surface area (TPSA) is 95.5 Å². The Bertz CT molecular complexity index is 1040. The van der Waals surface area contributed by atoms with E-state index in [1.165, 1.54) is 38.5 Å². The Morgan fingerprint density at radius 3 is 2.03 bits per heavy atom. The largest absolute Gasteiger partial charge is 0.481 e. The Morgan fingerprint density at radius 2 is 1.38 bits per heavy atom. The maximum Gasteiger partial charge on any atom is 0.303 e. The summed E-state index contributed by atoms with van der Waals surface area (Å²) in [7, 11) is 0. The minimum Gasteiger partial charge on any atom is -0.481 e. The van der Waals surface area contributed by atoms with Crippen LogP contribution < -0.4 is 10.6 Å². The number of hydrogen-bond donors (Lipinski definition) is 3. The molecule has 1 fully saturated rings. The van der Waals surface area contributed by atoms with Crippen molar-refractivity contribution in [2.45, 2.75) is 89.5 Å². The van der Waals surface area contributed by atoms with Crippen molar-refractivity contribution in [3.63, 3.8) is 0 Å². The van der Waals surface area contributed by atoms with Crippen LogP contribution in [0, 0.1) is 0 Å². The summed E-state index contributed by atoms with van der Waals surface area (Å²) in [6.07, 6.45) is 13.9. The number of benzene rings is 2. The van der Waals surface area contributed by atoms with Gasteiger partial charge in [-0.2, -0.15) is 0 Å². The minimum atomic E-state index is -0.917. The van der Waals surface area contributed by atoms with Crippen molar-refractivity contribution in [1.82, 2.24) is 5.32 Å². The van der Waals surface area contributed by atoms with Gasteiger partial charge in [0.2, 0.25) is 11.8 Å². The summed E-state index contributed by atoms with van der Waals surface area (Å²) >= 11 is 0. The van der Waals surface area contributed by atoms with Crippen LogP contribution in [0.1, 0.15) is 94.6 Å². The highest BCUT2D eigenvalue weighted by Gasteiger charge is 2.16. The molecule has 37 heavy (non-hydrogen) atoms. The first-order valence-corrected chi connectivity index (χ1v) is 13.7. The van der Waals surface area contributed by atoms with Gasteiger partial charge in [0.25, 0.3) is 0 Å². The van der Waals surface area contributed by atoms with Crippen LogP contribution >= 0.6 is 0 Å². The molecule has 0 radical (unpaired) electrons. The second-order valence-electron chi connectivity index (χ2n) is 9.88. The van der Waals surface area contributed by atoms with Crippen LogP contribution in [0.3, 0.4) is 0 Å². The first kappa shape index (κ1) is 28.2. The van der Waals surface area contributed by atoms with Crippen molar-refractivity contribution in [2.75, 3.05) is 5.32 Å². The summed E-state index contributed by atoms with van der Waals surface area (Å²) < 4.78 is 0. The molecule has 198 valence electrons. The van der Waals surface area contributed by atoms with E-state index in [0.29, 0.717) is 5.69 Å². The molecule has 2 amide bonds. The quantitative estimate of drug-likeness (QED) is 0.331. The van der Waals surface area contributed by atoms with E-state index in [4.69, 9.17) is 5.11 Å². The zero-order chi connectivity index (χ0) is 26.3. The summed E-state index contributed by atoms with van der Waals surface area (Å²) in [4.78, 5) is 36.6. The predicted molar refractivity (Wildman–Crippen MR) is 148 cm³/mol. The fraction of sp³-hybridized carbons (Fsp3) is 0.452. The molecule has 0 aromatic heterocycles. The number of amides is 2. The lowest BCUT2D eigenvalue weighted by atomic mass is 9.95. The molecular weight excluding hydrogens is 464 g/mol. The molecule has 1 saturated carbocycles. The molecule has 0 spiro atoms. The average molecular weight is 505 g/mol. The van der Waals surface area contributed by atoms with Gasteiger partial charge < -0.3 is 15.7 Å². The highest BCUT2D eigenvalue weighted by molar-refractivity contribution is 6.03. The minimum absolute atomic E-state index is 0.0500. The fourth-order valence-electron chi connectivity index (χ4n) is 4.88. The van der Waals surface area contributed by atoms with E-state index < -0.39 is 5.97 Å². The molecule has 0 atom stereocenters. The fourth-order valence-corrected chi connectivity index (χ4v) is 4.88. The molecule has 3 rings (SSSR count). The third-order valence-electron chi connectivity index (χ3n) is 6.85. The summed E-state index contributed by atoms with van der Waals surface area (Å²) in [6.45, 7) is 0. The lowest BCUT2D eigenvalue weighted by Gasteiger charge is -2.19. The van der Waals surface area contributed by atoms with Crippen LogP contribution in [0.2, 0.25) is 0 Å². The van der Waals surface area contributed by atoms with Gasteiger partial charge >= 0.3 is 5.97 Å². The maximum absolute atomic E-state index is 13.3. The number of nitrogens with one attached hydrogen (secondary N) is 2. The molecule has 2 aromatic carbocycles. The number of para-hydroxylation sites is 1. The molecule has 2 aromatic rings. The highest BCUT2D eigenvalue weighted by atomic mass is 16.4. The van der Waals surface area contributed by atoms with E-state index in [0.717, 1.165) is 42.4 Å². The summed E-state index contributed by atoms with van der Waals surface area (Å²) in [5, 5.41) is 15.0. The summed E-state index contributed by atoms with van der Waals surface area (Å²) in [5.74, 6) is -1.29. The molecule has 0 bridgehead atoms. The van der Waals surface area contributed by atoms with Crippen LogP contribution in [-0.2, 0) is 14.4 Å². The van der Waals surface area contributed by atoms with Gasteiger partial charge in [-0.05, 0) is 36.5 Å². The molecule has 1 aliphatic rings. The molecule has 3 N–H and O–H groups in total. The number of anilines is 1. The second kappa shape index (κ2) is 15.6. The van der Waals surface area contributed by atoms with Crippen molar-refractivity contribution in [3.8, 4) is 0 Å². The number of carbonyl (C=O) groups is 3. The van der Waals surface area contributed by atoms with Crippen molar-refractivity contribution >= 4 is 29.0 Å². The summed E-state index contributed by atoms with van der Waals surface area (Å²) in [6, 6.07) is 17.3. The summed E-state index contributed by atoms with van der Waals surface area (Å²) in [5.41, 5.74) is 2.96. The van der Waals surface area contributed by atoms with Crippen molar-refractivity contribution in [3.05, 3.63) is 71.8 Å². The van der Waals surface area contributed by atoms with Gasteiger partial charge in [-0.15, -0.1) is 0 Å². The van der Waals surface area contributed by atoms with E-state index >= 15 is 0 Å². The normalized spacial score (nSPS) is 15.8. The molecule has 0 unspecified atom stereocenters. The maximum atomic E-state index is 13.3. The van der Waals surface area contributed by atoms with Gasteiger partial charge in [-0.1, -0.05) is 99.9 Å². The Balaban J connectivity index is 1.80. The van der Waals surface area contributed by atoms with E-state index in [-0.39, 0.29) is 37.1 Å². The van der Waals surface area contributed by atoms with Crippen LogP contribution in [0.25, 0.3) is 5.57 Å². The third kappa shape index (κ3) is 10.2.